The predicted octanol–water partition coefficient (Wildman–Crippen LogP) is 2.62. The van der Waals surface area contributed by atoms with Crippen molar-refractivity contribution in [3.63, 3.8) is 0 Å². The highest BCUT2D eigenvalue weighted by Crippen LogP contribution is 2.20. The molecule has 28 heavy (non-hydrogen) atoms. The minimum absolute atomic E-state index is 0. The Balaban J connectivity index is 0.00000280. The molecule has 2 aromatic carbocycles. The lowest BCUT2D eigenvalue weighted by Gasteiger charge is -2.36. The van der Waals surface area contributed by atoms with E-state index in [1.165, 1.54) is 12.1 Å². The van der Waals surface area contributed by atoms with Crippen molar-refractivity contribution in [2.24, 2.45) is 10.7 Å². The Bertz CT molecular complexity index is 780. The molecule has 0 amide bonds. The van der Waals surface area contributed by atoms with Crippen molar-refractivity contribution < 1.29 is 14.2 Å². The lowest BCUT2D eigenvalue weighted by molar-refractivity contribution is 0.186. The van der Waals surface area contributed by atoms with Crippen molar-refractivity contribution in [1.82, 2.24) is 4.90 Å². The van der Waals surface area contributed by atoms with E-state index in [1.807, 2.05) is 23.1 Å². The zero-order valence-electron chi connectivity index (χ0n) is 15.8. The van der Waals surface area contributed by atoms with E-state index >= 15 is 0 Å². The maximum atomic E-state index is 13.1. The number of nitrogens with zero attached hydrogens (tertiary/aromatic N) is 3. The highest BCUT2D eigenvalue weighted by Gasteiger charge is 2.19. The normalized spacial score (nSPS) is 15.8. The molecule has 3 rings (SSSR count). The fourth-order valence-electron chi connectivity index (χ4n) is 3.08. The monoisotopic (exact) mass is 500 g/mol. The van der Waals surface area contributed by atoms with E-state index in [9.17, 15) is 9.50 Å². The van der Waals surface area contributed by atoms with Gasteiger partial charge in [0.2, 0.25) is 0 Å². The quantitative estimate of drug-likeness (QED) is 0.375. The van der Waals surface area contributed by atoms with E-state index in [0.717, 1.165) is 37.4 Å². The topological polar surface area (TPSA) is 74.3 Å². The van der Waals surface area contributed by atoms with Crippen LogP contribution in [0.4, 0.5) is 10.1 Å². The van der Waals surface area contributed by atoms with E-state index in [0.29, 0.717) is 11.7 Å². The van der Waals surface area contributed by atoms with Gasteiger partial charge < -0.3 is 25.4 Å². The molecule has 8 heteroatoms. The second-order valence-electron chi connectivity index (χ2n) is 6.44. The highest BCUT2D eigenvalue weighted by molar-refractivity contribution is 14.0. The van der Waals surface area contributed by atoms with Crippen LogP contribution in [-0.4, -0.2) is 55.8 Å². The third-order valence-electron chi connectivity index (χ3n) is 4.70. The Kier molecular flexibility index (Phi) is 8.31. The van der Waals surface area contributed by atoms with Crippen LogP contribution < -0.4 is 15.4 Å². The van der Waals surface area contributed by atoms with Crippen LogP contribution in [0, 0.1) is 5.82 Å². The number of aliphatic hydroxyl groups excluding tert-OH is 1. The van der Waals surface area contributed by atoms with Gasteiger partial charge in [-0.25, -0.2) is 4.39 Å². The molecule has 3 N–H and O–H groups in total. The first-order valence-corrected chi connectivity index (χ1v) is 8.94. The second kappa shape index (κ2) is 10.5. The summed E-state index contributed by atoms with van der Waals surface area (Å²) in [5, 5.41) is 10.3. The minimum atomic E-state index is -0.737. The Labute approximate surface area is 181 Å². The number of piperazine rings is 1. The summed E-state index contributed by atoms with van der Waals surface area (Å²) >= 11 is 0. The van der Waals surface area contributed by atoms with E-state index in [4.69, 9.17) is 10.5 Å². The first-order valence-electron chi connectivity index (χ1n) is 8.94. The summed E-state index contributed by atoms with van der Waals surface area (Å²) in [5.74, 6) is 0.888. The molecule has 1 saturated heterocycles. The molecule has 1 unspecified atom stereocenters. The third kappa shape index (κ3) is 5.71. The zero-order valence-corrected chi connectivity index (χ0v) is 18.1. The van der Waals surface area contributed by atoms with Gasteiger partial charge in [-0.15, -0.1) is 24.0 Å². The Morgan fingerprint density at radius 1 is 1.18 bits per heavy atom. The van der Waals surface area contributed by atoms with Crippen LogP contribution in [0.2, 0.25) is 0 Å². The smallest absolute Gasteiger partial charge is 0.191 e. The van der Waals surface area contributed by atoms with Crippen LogP contribution in [0.3, 0.4) is 0 Å². The number of nitrogens with two attached hydrogens (primary N) is 1. The van der Waals surface area contributed by atoms with Gasteiger partial charge in [0.05, 0.1) is 19.8 Å². The Morgan fingerprint density at radius 3 is 2.50 bits per heavy atom. The number of benzene rings is 2. The van der Waals surface area contributed by atoms with Gasteiger partial charge in [0, 0.05) is 31.9 Å². The molecule has 6 nitrogen and oxygen atoms in total. The summed E-state index contributed by atoms with van der Waals surface area (Å²) in [6, 6.07) is 13.8. The summed E-state index contributed by atoms with van der Waals surface area (Å²) < 4.78 is 18.2. The Morgan fingerprint density at radius 2 is 1.86 bits per heavy atom. The first-order chi connectivity index (χ1) is 13.1. The van der Waals surface area contributed by atoms with Gasteiger partial charge in [0.25, 0.3) is 0 Å². The summed E-state index contributed by atoms with van der Waals surface area (Å²) in [6.07, 6.45) is -0.737. The summed E-state index contributed by atoms with van der Waals surface area (Å²) in [6.45, 7) is 3.20. The molecular formula is C20H26FIN4O2. The number of rotatable bonds is 5. The number of hydrogen-bond donors (Lipinski definition) is 2. The van der Waals surface area contributed by atoms with E-state index < -0.39 is 6.10 Å². The molecule has 0 aromatic heterocycles. The minimum Gasteiger partial charge on any atom is -0.497 e. The number of hydrogen-bond acceptors (Lipinski definition) is 4. The fraction of sp³-hybridized carbons (Fsp3) is 0.350. The average molecular weight is 500 g/mol. The summed E-state index contributed by atoms with van der Waals surface area (Å²) in [7, 11) is 1.59. The molecule has 1 aliphatic rings. The summed E-state index contributed by atoms with van der Waals surface area (Å²) in [4.78, 5) is 8.54. The maximum absolute atomic E-state index is 13.1. The average Bonchev–Trinajstić information content (AvgIpc) is 2.72. The van der Waals surface area contributed by atoms with Gasteiger partial charge in [-0.1, -0.05) is 12.1 Å². The number of anilines is 1. The van der Waals surface area contributed by atoms with E-state index in [1.54, 1.807) is 25.3 Å². The maximum Gasteiger partial charge on any atom is 0.191 e. The second-order valence-corrected chi connectivity index (χ2v) is 6.44. The van der Waals surface area contributed by atoms with Crippen LogP contribution in [-0.2, 0) is 0 Å². The molecule has 0 aliphatic carbocycles. The third-order valence-corrected chi connectivity index (χ3v) is 4.70. The molecule has 1 heterocycles. The van der Waals surface area contributed by atoms with Crippen LogP contribution in [0.25, 0.3) is 0 Å². The molecule has 152 valence electrons. The molecule has 0 bridgehead atoms. The number of guanidine groups is 1. The van der Waals surface area contributed by atoms with Gasteiger partial charge in [-0.05, 0) is 42.0 Å². The molecule has 0 saturated carbocycles. The van der Waals surface area contributed by atoms with Gasteiger partial charge in [-0.3, -0.25) is 4.99 Å². The number of aliphatic imine (C=N–C) groups is 1. The number of methoxy groups -OCH3 is 1. The number of halogens is 2. The fourth-order valence-corrected chi connectivity index (χ4v) is 3.08. The molecule has 1 atom stereocenters. The Hall–Kier alpha value is -2.07. The highest BCUT2D eigenvalue weighted by atomic mass is 127. The van der Waals surface area contributed by atoms with Crippen molar-refractivity contribution in [2.75, 3.05) is 44.7 Å². The lowest BCUT2D eigenvalue weighted by Crippen LogP contribution is -2.51. The number of aliphatic hydroxyl groups is 1. The van der Waals surface area contributed by atoms with Crippen molar-refractivity contribution >= 4 is 35.6 Å². The van der Waals surface area contributed by atoms with E-state index in [-0.39, 0.29) is 36.3 Å². The molecule has 1 fully saturated rings. The predicted molar refractivity (Wildman–Crippen MR) is 120 cm³/mol. The van der Waals surface area contributed by atoms with Crippen molar-refractivity contribution in [1.29, 1.82) is 0 Å². The van der Waals surface area contributed by atoms with Crippen LogP contribution in [0.15, 0.2) is 53.5 Å². The van der Waals surface area contributed by atoms with Crippen molar-refractivity contribution in [3.05, 3.63) is 59.9 Å². The molecule has 0 radical (unpaired) electrons. The van der Waals surface area contributed by atoms with Gasteiger partial charge in [-0.2, -0.15) is 0 Å². The van der Waals surface area contributed by atoms with Crippen molar-refractivity contribution in [2.45, 2.75) is 6.10 Å². The molecule has 2 aromatic rings. The largest absolute Gasteiger partial charge is 0.497 e. The van der Waals surface area contributed by atoms with Gasteiger partial charge >= 0.3 is 0 Å². The summed E-state index contributed by atoms with van der Waals surface area (Å²) in [5.41, 5.74) is 7.85. The van der Waals surface area contributed by atoms with Crippen molar-refractivity contribution in [3.8, 4) is 5.75 Å². The standard InChI is InChI=1S/C20H25FN4O2.HI/c1-27-18-4-2-3-15(13-18)19(26)14-23-20(22)25-11-9-24(10-12-25)17-7-5-16(21)6-8-17;/h2-8,13,19,26H,9-12,14H2,1H3,(H2,22,23);1H. The number of ether oxygens (including phenoxy) is 1. The molecule has 1 aliphatic heterocycles. The SMILES string of the molecule is COc1cccc(C(O)CN=C(N)N2CCN(c3ccc(F)cc3)CC2)c1.I. The molecule has 0 spiro atoms. The lowest BCUT2D eigenvalue weighted by atomic mass is 10.1. The first kappa shape index (κ1) is 22.2. The van der Waals surface area contributed by atoms with Crippen LogP contribution in [0.1, 0.15) is 11.7 Å². The van der Waals surface area contributed by atoms with Gasteiger partial charge in [0.15, 0.2) is 5.96 Å². The van der Waals surface area contributed by atoms with E-state index in [2.05, 4.69) is 9.89 Å². The molecular weight excluding hydrogens is 474 g/mol. The zero-order chi connectivity index (χ0) is 19.2. The van der Waals surface area contributed by atoms with Gasteiger partial charge in [0.1, 0.15) is 11.6 Å². The van der Waals surface area contributed by atoms with Crippen LogP contribution in [0.5, 0.6) is 5.75 Å². The van der Waals surface area contributed by atoms with Crippen LogP contribution >= 0.6 is 24.0 Å².